The van der Waals surface area contributed by atoms with Crippen LogP contribution < -0.4 is 5.56 Å². The SMILES string of the molecule is O=c1c2[nH]c3ccccc3c2c2cccc3c2n1CCC3. The van der Waals surface area contributed by atoms with Crippen molar-refractivity contribution in [3.63, 3.8) is 0 Å². The van der Waals surface area contributed by atoms with Crippen molar-refractivity contribution >= 4 is 32.7 Å². The minimum Gasteiger partial charge on any atom is -0.350 e. The fraction of sp³-hybridized carbons (Fsp3) is 0.167. The molecule has 4 aromatic rings. The molecule has 3 heteroatoms. The maximum absolute atomic E-state index is 12.9. The third kappa shape index (κ3) is 1.31. The van der Waals surface area contributed by atoms with Crippen molar-refractivity contribution in [3.05, 3.63) is 58.4 Å². The Kier molecular flexibility index (Phi) is 1.99. The van der Waals surface area contributed by atoms with E-state index in [2.05, 4.69) is 29.2 Å². The summed E-state index contributed by atoms with van der Waals surface area (Å²) in [5.74, 6) is 0. The number of hydrogen-bond acceptors (Lipinski definition) is 1. The first-order valence-corrected chi connectivity index (χ1v) is 7.39. The van der Waals surface area contributed by atoms with Gasteiger partial charge in [0.2, 0.25) is 0 Å². The summed E-state index contributed by atoms with van der Waals surface area (Å²) < 4.78 is 1.95. The number of H-pyrrole nitrogens is 1. The van der Waals surface area contributed by atoms with Gasteiger partial charge in [0.1, 0.15) is 5.52 Å². The highest BCUT2D eigenvalue weighted by atomic mass is 16.1. The van der Waals surface area contributed by atoms with Crippen LogP contribution in [0.3, 0.4) is 0 Å². The summed E-state index contributed by atoms with van der Waals surface area (Å²) >= 11 is 0. The zero-order valence-corrected chi connectivity index (χ0v) is 11.5. The average Bonchev–Trinajstić information content (AvgIpc) is 2.92. The van der Waals surface area contributed by atoms with Crippen molar-refractivity contribution in [1.82, 2.24) is 9.55 Å². The van der Waals surface area contributed by atoms with Crippen LogP contribution in [0.5, 0.6) is 0 Å². The van der Waals surface area contributed by atoms with Gasteiger partial charge in [-0.05, 0) is 24.5 Å². The number of nitrogens with one attached hydrogen (secondary N) is 1. The fourth-order valence-electron chi connectivity index (χ4n) is 3.77. The normalized spacial score (nSPS) is 14.3. The van der Waals surface area contributed by atoms with Crippen LogP contribution in [0.25, 0.3) is 32.7 Å². The number of aryl methyl sites for hydroxylation is 2. The third-order valence-electron chi connectivity index (χ3n) is 4.65. The lowest BCUT2D eigenvalue weighted by molar-refractivity contribution is 0.619. The molecule has 0 bridgehead atoms. The summed E-state index contributed by atoms with van der Waals surface area (Å²) in [5.41, 5.74) is 4.31. The second-order valence-electron chi connectivity index (χ2n) is 5.79. The van der Waals surface area contributed by atoms with Gasteiger partial charge >= 0.3 is 0 Å². The molecule has 0 saturated heterocycles. The lowest BCUT2D eigenvalue weighted by Crippen LogP contribution is -2.24. The molecule has 21 heavy (non-hydrogen) atoms. The molecule has 3 nitrogen and oxygen atoms in total. The molecule has 2 aromatic carbocycles. The van der Waals surface area contributed by atoms with Gasteiger partial charge in [0, 0.05) is 28.2 Å². The number of pyridine rings is 1. The van der Waals surface area contributed by atoms with E-state index in [4.69, 9.17) is 0 Å². The molecule has 2 aromatic heterocycles. The number of para-hydroxylation sites is 2. The van der Waals surface area contributed by atoms with Crippen molar-refractivity contribution in [1.29, 1.82) is 0 Å². The lowest BCUT2D eigenvalue weighted by Gasteiger charge is -2.19. The maximum atomic E-state index is 12.9. The minimum atomic E-state index is 0.112. The van der Waals surface area contributed by atoms with Crippen molar-refractivity contribution in [2.24, 2.45) is 0 Å². The molecule has 0 atom stereocenters. The topological polar surface area (TPSA) is 37.8 Å². The van der Waals surface area contributed by atoms with Gasteiger partial charge in [-0.25, -0.2) is 0 Å². The Balaban J connectivity index is 2.19. The zero-order valence-electron chi connectivity index (χ0n) is 11.5. The molecule has 0 fully saturated rings. The second kappa shape index (κ2) is 3.76. The minimum absolute atomic E-state index is 0.112. The first-order valence-electron chi connectivity index (χ1n) is 7.39. The van der Waals surface area contributed by atoms with Gasteiger partial charge in [-0.3, -0.25) is 4.79 Å². The summed E-state index contributed by atoms with van der Waals surface area (Å²) in [7, 11) is 0. The highest BCUT2D eigenvalue weighted by Crippen LogP contribution is 2.33. The fourth-order valence-corrected chi connectivity index (χ4v) is 3.77. The molecule has 0 aliphatic carbocycles. The summed E-state index contributed by atoms with van der Waals surface area (Å²) in [6.45, 7) is 0.817. The number of aromatic amines is 1. The Morgan fingerprint density at radius 2 is 1.86 bits per heavy atom. The average molecular weight is 274 g/mol. The molecule has 0 saturated carbocycles. The molecular weight excluding hydrogens is 260 g/mol. The van der Waals surface area contributed by atoms with E-state index in [0.717, 1.165) is 46.7 Å². The van der Waals surface area contributed by atoms with Gasteiger partial charge in [0.15, 0.2) is 0 Å². The molecule has 0 spiro atoms. The van der Waals surface area contributed by atoms with Crippen LogP contribution in [0.15, 0.2) is 47.3 Å². The van der Waals surface area contributed by atoms with Crippen LogP contribution in [0.1, 0.15) is 12.0 Å². The van der Waals surface area contributed by atoms with E-state index in [1.165, 1.54) is 10.9 Å². The van der Waals surface area contributed by atoms with E-state index in [1.807, 2.05) is 22.8 Å². The third-order valence-corrected chi connectivity index (χ3v) is 4.65. The van der Waals surface area contributed by atoms with Gasteiger partial charge in [0.25, 0.3) is 5.56 Å². The van der Waals surface area contributed by atoms with E-state index in [9.17, 15) is 4.79 Å². The summed E-state index contributed by atoms with van der Waals surface area (Å²) in [6, 6.07) is 14.6. The number of fused-ring (bicyclic) bond motifs is 4. The summed E-state index contributed by atoms with van der Waals surface area (Å²) in [4.78, 5) is 16.2. The second-order valence-corrected chi connectivity index (χ2v) is 5.79. The van der Waals surface area contributed by atoms with Crippen LogP contribution in [-0.4, -0.2) is 9.55 Å². The number of aromatic nitrogens is 2. The Hall–Kier alpha value is -2.55. The number of benzene rings is 2. The molecule has 102 valence electrons. The van der Waals surface area contributed by atoms with Crippen molar-refractivity contribution in [2.75, 3.05) is 0 Å². The van der Waals surface area contributed by atoms with Gasteiger partial charge in [-0.2, -0.15) is 0 Å². The largest absolute Gasteiger partial charge is 0.350 e. The van der Waals surface area contributed by atoms with E-state index in [0.29, 0.717) is 0 Å². The lowest BCUT2D eigenvalue weighted by atomic mass is 9.98. The summed E-state index contributed by atoms with van der Waals surface area (Å²) in [5, 5.41) is 3.41. The van der Waals surface area contributed by atoms with Crippen molar-refractivity contribution < 1.29 is 0 Å². The molecule has 0 radical (unpaired) electrons. The van der Waals surface area contributed by atoms with Crippen LogP contribution in [0, 0.1) is 0 Å². The molecule has 0 amide bonds. The van der Waals surface area contributed by atoms with E-state index in [-0.39, 0.29) is 5.56 Å². The smallest absolute Gasteiger partial charge is 0.275 e. The van der Waals surface area contributed by atoms with E-state index >= 15 is 0 Å². The molecule has 1 aliphatic heterocycles. The first kappa shape index (κ1) is 11.1. The Bertz CT molecular complexity index is 1090. The van der Waals surface area contributed by atoms with Gasteiger partial charge in [0.05, 0.1) is 5.52 Å². The molecular formula is C18H14N2O. The van der Waals surface area contributed by atoms with Crippen LogP contribution >= 0.6 is 0 Å². The van der Waals surface area contributed by atoms with Gasteiger partial charge in [-0.15, -0.1) is 0 Å². The first-order chi connectivity index (χ1) is 10.3. The molecule has 1 N–H and O–H groups in total. The molecule has 0 unspecified atom stereocenters. The monoisotopic (exact) mass is 274 g/mol. The Morgan fingerprint density at radius 3 is 2.81 bits per heavy atom. The van der Waals surface area contributed by atoms with E-state index in [1.54, 1.807) is 0 Å². The van der Waals surface area contributed by atoms with E-state index < -0.39 is 0 Å². The van der Waals surface area contributed by atoms with Crippen molar-refractivity contribution in [2.45, 2.75) is 19.4 Å². The summed E-state index contributed by atoms with van der Waals surface area (Å²) in [6.07, 6.45) is 2.10. The van der Waals surface area contributed by atoms with Crippen molar-refractivity contribution in [3.8, 4) is 0 Å². The highest BCUT2D eigenvalue weighted by molar-refractivity contribution is 6.19. The Morgan fingerprint density at radius 1 is 1.00 bits per heavy atom. The van der Waals surface area contributed by atoms with Crippen LogP contribution in [0.2, 0.25) is 0 Å². The quantitative estimate of drug-likeness (QED) is 0.523. The Labute approximate surface area is 120 Å². The predicted molar refractivity (Wildman–Crippen MR) is 85.9 cm³/mol. The van der Waals surface area contributed by atoms with Gasteiger partial charge < -0.3 is 9.55 Å². The molecule has 5 rings (SSSR count). The number of rotatable bonds is 0. The number of hydrogen-bond donors (Lipinski definition) is 1. The molecule has 3 heterocycles. The van der Waals surface area contributed by atoms with Crippen LogP contribution in [-0.2, 0) is 13.0 Å². The zero-order chi connectivity index (χ0) is 14.0. The van der Waals surface area contributed by atoms with Gasteiger partial charge in [-0.1, -0.05) is 36.4 Å². The number of nitrogens with zero attached hydrogens (tertiary/aromatic N) is 1. The van der Waals surface area contributed by atoms with Crippen LogP contribution in [0.4, 0.5) is 0 Å². The predicted octanol–water partition coefficient (Wildman–Crippen LogP) is 3.58. The molecule has 1 aliphatic rings. The highest BCUT2D eigenvalue weighted by Gasteiger charge is 2.19. The maximum Gasteiger partial charge on any atom is 0.275 e. The standard InChI is InChI=1S/C18H14N2O/c21-18-16-15(12-7-1-2-9-14(12)19-16)13-8-3-5-11-6-4-10-20(18)17(11)13/h1-3,5,7-9,19H,4,6,10H2.